The van der Waals surface area contributed by atoms with Crippen LogP contribution in [0.2, 0.25) is 0 Å². The standard InChI is InChI=1S/C26H25NO4/c1-18-12-13-21-16-27(24(28)14-19-8-4-2-5-9-19)23(26(29)30)15-22(21)25(18)31-17-20-10-6-3-7-11-20/h2-13,23H,14-17H2,1H3,(H,29,30). The molecule has 0 spiro atoms. The predicted octanol–water partition coefficient (Wildman–Crippen LogP) is 4.15. The molecule has 0 radical (unpaired) electrons. The van der Waals surface area contributed by atoms with Gasteiger partial charge in [-0.05, 0) is 29.2 Å². The molecule has 1 heterocycles. The van der Waals surface area contributed by atoms with Crippen LogP contribution >= 0.6 is 0 Å². The number of fused-ring (bicyclic) bond motifs is 1. The maximum absolute atomic E-state index is 13.0. The monoisotopic (exact) mass is 415 g/mol. The summed E-state index contributed by atoms with van der Waals surface area (Å²) in [5.41, 5.74) is 4.70. The van der Waals surface area contributed by atoms with Crippen molar-refractivity contribution in [2.24, 2.45) is 0 Å². The lowest BCUT2D eigenvalue weighted by Gasteiger charge is -2.35. The minimum atomic E-state index is -0.998. The van der Waals surface area contributed by atoms with Crippen molar-refractivity contribution in [3.05, 3.63) is 101 Å². The van der Waals surface area contributed by atoms with Crippen LogP contribution in [0, 0.1) is 6.92 Å². The van der Waals surface area contributed by atoms with E-state index < -0.39 is 12.0 Å². The molecule has 1 amide bonds. The summed E-state index contributed by atoms with van der Waals surface area (Å²) in [6.07, 6.45) is 0.417. The normalized spacial score (nSPS) is 15.3. The summed E-state index contributed by atoms with van der Waals surface area (Å²) in [7, 11) is 0. The molecule has 1 atom stereocenters. The van der Waals surface area contributed by atoms with Crippen molar-refractivity contribution in [2.75, 3.05) is 0 Å². The number of amides is 1. The number of aliphatic carboxylic acids is 1. The van der Waals surface area contributed by atoms with Crippen LogP contribution in [0.15, 0.2) is 72.8 Å². The van der Waals surface area contributed by atoms with Crippen LogP contribution in [-0.2, 0) is 35.6 Å². The molecular weight excluding hydrogens is 390 g/mol. The molecule has 0 aliphatic carbocycles. The molecule has 3 aromatic rings. The fraction of sp³-hybridized carbons (Fsp3) is 0.231. The first-order valence-corrected chi connectivity index (χ1v) is 10.4. The molecule has 31 heavy (non-hydrogen) atoms. The van der Waals surface area contributed by atoms with E-state index in [1.165, 1.54) is 4.90 Å². The average Bonchev–Trinajstić information content (AvgIpc) is 2.79. The highest BCUT2D eigenvalue weighted by atomic mass is 16.5. The number of carboxylic acids is 1. The zero-order chi connectivity index (χ0) is 21.8. The van der Waals surface area contributed by atoms with E-state index in [4.69, 9.17) is 4.74 Å². The van der Waals surface area contributed by atoms with Crippen LogP contribution in [0.1, 0.15) is 27.8 Å². The van der Waals surface area contributed by atoms with Gasteiger partial charge in [-0.1, -0.05) is 72.8 Å². The lowest BCUT2D eigenvalue weighted by Crippen LogP contribution is -2.49. The lowest BCUT2D eigenvalue weighted by atomic mass is 9.90. The average molecular weight is 415 g/mol. The molecule has 0 aromatic heterocycles. The van der Waals surface area contributed by atoms with Gasteiger partial charge in [0.2, 0.25) is 5.91 Å². The molecule has 4 rings (SSSR count). The van der Waals surface area contributed by atoms with Crippen molar-refractivity contribution in [3.8, 4) is 5.75 Å². The Balaban J connectivity index is 1.60. The molecule has 0 fully saturated rings. The quantitative estimate of drug-likeness (QED) is 0.657. The van der Waals surface area contributed by atoms with Crippen molar-refractivity contribution in [2.45, 2.75) is 39.0 Å². The second-order valence-electron chi connectivity index (χ2n) is 7.87. The fourth-order valence-electron chi connectivity index (χ4n) is 4.04. The van der Waals surface area contributed by atoms with Gasteiger partial charge in [-0.2, -0.15) is 0 Å². The van der Waals surface area contributed by atoms with Gasteiger partial charge in [-0.25, -0.2) is 4.79 Å². The van der Waals surface area contributed by atoms with E-state index in [0.717, 1.165) is 33.6 Å². The second kappa shape index (κ2) is 9.04. The number of nitrogens with zero attached hydrogens (tertiary/aromatic N) is 1. The molecule has 1 aliphatic rings. The third-order valence-electron chi connectivity index (χ3n) is 5.70. The number of carboxylic acid groups (broad SMARTS) is 1. The SMILES string of the molecule is Cc1ccc2c(c1OCc1ccccc1)CC(C(=O)O)N(C(=O)Cc1ccccc1)C2. The Morgan fingerprint density at radius 1 is 0.968 bits per heavy atom. The Bertz CT molecular complexity index is 1080. The predicted molar refractivity (Wildman–Crippen MR) is 118 cm³/mol. The minimum Gasteiger partial charge on any atom is -0.488 e. The Kier molecular flexibility index (Phi) is 6.03. The summed E-state index contributed by atoms with van der Waals surface area (Å²) < 4.78 is 6.14. The van der Waals surface area contributed by atoms with Crippen LogP contribution in [0.3, 0.4) is 0 Å². The summed E-state index contributed by atoms with van der Waals surface area (Å²) in [6.45, 7) is 2.63. The van der Waals surface area contributed by atoms with Gasteiger partial charge in [0.25, 0.3) is 0 Å². The van der Waals surface area contributed by atoms with Gasteiger partial charge in [-0.15, -0.1) is 0 Å². The van der Waals surface area contributed by atoms with Crippen molar-refractivity contribution in [1.29, 1.82) is 0 Å². The van der Waals surface area contributed by atoms with E-state index in [9.17, 15) is 14.7 Å². The van der Waals surface area contributed by atoms with Crippen LogP contribution in [0.25, 0.3) is 0 Å². The van der Waals surface area contributed by atoms with E-state index in [1.807, 2.05) is 79.7 Å². The number of rotatable bonds is 6. The first-order valence-electron chi connectivity index (χ1n) is 10.4. The van der Waals surface area contributed by atoms with Gasteiger partial charge in [0, 0.05) is 18.5 Å². The van der Waals surface area contributed by atoms with Crippen molar-refractivity contribution in [3.63, 3.8) is 0 Å². The summed E-state index contributed by atoms with van der Waals surface area (Å²) in [5, 5.41) is 9.88. The van der Waals surface area contributed by atoms with Gasteiger partial charge < -0.3 is 14.7 Å². The number of carbonyl (C=O) groups excluding carboxylic acids is 1. The number of carbonyl (C=O) groups is 2. The Morgan fingerprint density at radius 3 is 2.26 bits per heavy atom. The fourth-order valence-corrected chi connectivity index (χ4v) is 4.04. The largest absolute Gasteiger partial charge is 0.488 e. The molecule has 1 aliphatic heterocycles. The molecule has 158 valence electrons. The molecule has 0 bridgehead atoms. The first kappa shape index (κ1) is 20.7. The number of ether oxygens (including phenoxy) is 1. The van der Waals surface area contributed by atoms with Gasteiger partial charge >= 0.3 is 5.97 Å². The molecule has 0 saturated heterocycles. The van der Waals surface area contributed by atoms with Crippen molar-refractivity contribution >= 4 is 11.9 Å². The van der Waals surface area contributed by atoms with Crippen molar-refractivity contribution < 1.29 is 19.4 Å². The van der Waals surface area contributed by atoms with E-state index in [-0.39, 0.29) is 25.3 Å². The highest BCUT2D eigenvalue weighted by molar-refractivity contribution is 5.86. The maximum atomic E-state index is 13.0. The van der Waals surface area contributed by atoms with Crippen LogP contribution in [0.5, 0.6) is 5.75 Å². The summed E-state index contributed by atoms with van der Waals surface area (Å²) in [4.78, 5) is 26.5. The number of hydrogen-bond donors (Lipinski definition) is 1. The van der Waals surface area contributed by atoms with Crippen molar-refractivity contribution in [1.82, 2.24) is 4.90 Å². The lowest BCUT2D eigenvalue weighted by molar-refractivity contribution is -0.151. The van der Waals surface area contributed by atoms with Crippen LogP contribution in [-0.4, -0.2) is 27.9 Å². The van der Waals surface area contributed by atoms with E-state index in [0.29, 0.717) is 6.61 Å². The third-order valence-corrected chi connectivity index (χ3v) is 5.70. The van der Waals surface area contributed by atoms with Crippen LogP contribution in [0.4, 0.5) is 0 Å². The van der Waals surface area contributed by atoms with Gasteiger partial charge in [0.15, 0.2) is 0 Å². The minimum absolute atomic E-state index is 0.184. The zero-order valence-corrected chi connectivity index (χ0v) is 17.5. The maximum Gasteiger partial charge on any atom is 0.326 e. The van der Waals surface area contributed by atoms with E-state index >= 15 is 0 Å². The first-order chi connectivity index (χ1) is 15.0. The Hall–Kier alpha value is -3.60. The second-order valence-corrected chi connectivity index (χ2v) is 7.87. The Morgan fingerprint density at radius 2 is 1.61 bits per heavy atom. The number of benzene rings is 3. The van der Waals surface area contributed by atoms with E-state index in [1.54, 1.807) is 0 Å². The van der Waals surface area contributed by atoms with Gasteiger partial charge in [0.1, 0.15) is 18.4 Å². The summed E-state index contributed by atoms with van der Waals surface area (Å²) >= 11 is 0. The summed E-state index contributed by atoms with van der Waals surface area (Å²) in [6, 6.07) is 22.3. The van der Waals surface area contributed by atoms with Gasteiger partial charge in [-0.3, -0.25) is 4.79 Å². The molecule has 5 heteroatoms. The topological polar surface area (TPSA) is 66.8 Å². The zero-order valence-electron chi connectivity index (χ0n) is 17.5. The Labute approximate surface area is 181 Å². The number of hydrogen-bond acceptors (Lipinski definition) is 3. The molecule has 1 N–H and O–H groups in total. The third kappa shape index (κ3) is 4.61. The number of aryl methyl sites for hydroxylation is 1. The molecular formula is C26H25NO4. The smallest absolute Gasteiger partial charge is 0.326 e. The molecule has 3 aromatic carbocycles. The molecule has 1 unspecified atom stereocenters. The molecule has 5 nitrogen and oxygen atoms in total. The molecule has 0 saturated carbocycles. The van der Waals surface area contributed by atoms with Crippen LogP contribution < -0.4 is 4.74 Å². The summed E-state index contributed by atoms with van der Waals surface area (Å²) in [5.74, 6) is -0.457. The highest BCUT2D eigenvalue weighted by Gasteiger charge is 2.36. The van der Waals surface area contributed by atoms with E-state index in [2.05, 4.69) is 0 Å². The van der Waals surface area contributed by atoms with Gasteiger partial charge in [0.05, 0.1) is 6.42 Å². The highest BCUT2D eigenvalue weighted by Crippen LogP contribution is 2.34.